The fourth-order valence-electron chi connectivity index (χ4n) is 2.25. The Balaban J connectivity index is 2.00. The van der Waals surface area contributed by atoms with E-state index in [0.717, 1.165) is 31.9 Å². The SMILES string of the molecule is Cc1nn(C(C)C)cc1CN1CCOC(CN)C1. The van der Waals surface area contributed by atoms with Crippen molar-refractivity contribution in [3.05, 3.63) is 17.5 Å². The van der Waals surface area contributed by atoms with Gasteiger partial charge in [-0.1, -0.05) is 0 Å². The van der Waals surface area contributed by atoms with Crippen LogP contribution in [-0.2, 0) is 11.3 Å². The summed E-state index contributed by atoms with van der Waals surface area (Å²) in [6.07, 6.45) is 2.34. The lowest BCUT2D eigenvalue weighted by Gasteiger charge is -2.32. The molecule has 2 N–H and O–H groups in total. The molecule has 18 heavy (non-hydrogen) atoms. The van der Waals surface area contributed by atoms with Gasteiger partial charge in [-0.2, -0.15) is 5.10 Å². The van der Waals surface area contributed by atoms with Gasteiger partial charge < -0.3 is 10.5 Å². The van der Waals surface area contributed by atoms with Crippen LogP contribution in [0.1, 0.15) is 31.1 Å². The molecule has 1 unspecified atom stereocenters. The molecule has 1 aliphatic rings. The van der Waals surface area contributed by atoms with E-state index < -0.39 is 0 Å². The van der Waals surface area contributed by atoms with Crippen LogP contribution in [0, 0.1) is 6.92 Å². The van der Waals surface area contributed by atoms with E-state index in [1.54, 1.807) is 0 Å². The second kappa shape index (κ2) is 5.82. The van der Waals surface area contributed by atoms with Crippen LogP contribution in [0.3, 0.4) is 0 Å². The van der Waals surface area contributed by atoms with E-state index in [4.69, 9.17) is 10.5 Å². The molecule has 5 nitrogen and oxygen atoms in total. The van der Waals surface area contributed by atoms with Crippen molar-refractivity contribution < 1.29 is 4.74 Å². The Morgan fingerprint density at radius 3 is 2.94 bits per heavy atom. The van der Waals surface area contributed by atoms with Gasteiger partial charge in [0.05, 0.1) is 18.4 Å². The lowest BCUT2D eigenvalue weighted by molar-refractivity contribution is -0.0261. The summed E-state index contributed by atoms with van der Waals surface area (Å²) in [4.78, 5) is 2.40. The molecule has 0 spiro atoms. The first kappa shape index (κ1) is 13.5. The van der Waals surface area contributed by atoms with Crippen molar-refractivity contribution in [3.63, 3.8) is 0 Å². The molecule has 1 aromatic heterocycles. The Morgan fingerprint density at radius 1 is 1.56 bits per heavy atom. The van der Waals surface area contributed by atoms with Crippen molar-refractivity contribution in [1.82, 2.24) is 14.7 Å². The zero-order valence-electron chi connectivity index (χ0n) is 11.6. The molecule has 0 radical (unpaired) electrons. The van der Waals surface area contributed by atoms with E-state index >= 15 is 0 Å². The number of hydrogen-bond acceptors (Lipinski definition) is 4. The van der Waals surface area contributed by atoms with E-state index in [2.05, 4.69) is 37.0 Å². The van der Waals surface area contributed by atoms with Crippen LogP contribution < -0.4 is 5.73 Å². The van der Waals surface area contributed by atoms with Gasteiger partial charge in [-0.05, 0) is 20.8 Å². The topological polar surface area (TPSA) is 56.3 Å². The number of aryl methyl sites for hydroxylation is 1. The summed E-state index contributed by atoms with van der Waals surface area (Å²) in [5.74, 6) is 0. The minimum absolute atomic E-state index is 0.180. The number of aromatic nitrogens is 2. The summed E-state index contributed by atoms with van der Waals surface area (Å²) < 4.78 is 7.61. The summed E-state index contributed by atoms with van der Waals surface area (Å²) in [5, 5.41) is 4.55. The van der Waals surface area contributed by atoms with Gasteiger partial charge in [0.2, 0.25) is 0 Å². The molecule has 0 bridgehead atoms. The third-order valence-corrected chi connectivity index (χ3v) is 3.43. The average molecular weight is 252 g/mol. The molecule has 1 fully saturated rings. The summed E-state index contributed by atoms with van der Waals surface area (Å²) >= 11 is 0. The fraction of sp³-hybridized carbons (Fsp3) is 0.769. The Bertz CT molecular complexity index is 388. The van der Waals surface area contributed by atoms with Crippen molar-refractivity contribution in [2.75, 3.05) is 26.2 Å². The van der Waals surface area contributed by atoms with Crippen LogP contribution >= 0.6 is 0 Å². The van der Waals surface area contributed by atoms with Crippen LogP contribution in [0.2, 0.25) is 0 Å². The largest absolute Gasteiger partial charge is 0.374 e. The summed E-state index contributed by atoms with van der Waals surface area (Å²) in [7, 11) is 0. The molecule has 0 aromatic carbocycles. The molecule has 102 valence electrons. The van der Waals surface area contributed by atoms with Gasteiger partial charge in [-0.3, -0.25) is 9.58 Å². The van der Waals surface area contributed by atoms with Gasteiger partial charge in [0.15, 0.2) is 0 Å². The first-order valence-corrected chi connectivity index (χ1v) is 6.68. The number of rotatable bonds is 4. The van der Waals surface area contributed by atoms with E-state index in [1.807, 2.05) is 4.68 Å². The smallest absolute Gasteiger partial charge is 0.0824 e. The third-order valence-electron chi connectivity index (χ3n) is 3.43. The fourth-order valence-corrected chi connectivity index (χ4v) is 2.25. The van der Waals surface area contributed by atoms with Crippen LogP contribution in [0.4, 0.5) is 0 Å². The van der Waals surface area contributed by atoms with Crippen LogP contribution in [0.25, 0.3) is 0 Å². The van der Waals surface area contributed by atoms with Crippen LogP contribution in [-0.4, -0.2) is 47.0 Å². The van der Waals surface area contributed by atoms with Crippen molar-refractivity contribution in [3.8, 4) is 0 Å². The first-order chi connectivity index (χ1) is 8.60. The predicted octanol–water partition coefficient (Wildman–Crippen LogP) is 0.932. The number of nitrogens with two attached hydrogens (primary N) is 1. The maximum absolute atomic E-state index is 5.66. The molecule has 1 atom stereocenters. The zero-order chi connectivity index (χ0) is 13.1. The van der Waals surface area contributed by atoms with Crippen molar-refractivity contribution in [1.29, 1.82) is 0 Å². The monoisotopic (exact) mass is 252 g/mol. The quantitative estimate of drug-likeness (QED) is 0.866. The maximum Gasteiger partial charge on any atom is 0.0824 e. The Morgan fingerprint density at radius 2 is 2.33 bits per heavy atom. The highest BCUT2D eigenvalue weighted by atomic mass is 16.5. The van der Waals surface area contributed by atoms with Gasteiger partial charge in [0.25, 0.3) is 0 Å². The van der Waals surface area contributed by atoms with Gasteiger partial charge >= 0.3 is 0 Å². The Labute approximate surface area is 109 Å². The van der Waals surface area contributed by atoms with Crippen LogP contribution in [0.15, 0.2) is 6.20 Å². The van der Waals surface area contributed by atoms with E-state index in [-0.39, 0.29) is 6.10 Å². The molecule has 2 rings (SSSR count). The van der Waals surface area contributed by atoms with E-state index in [9.17, 15) is 0 Å². The molecular formula is C13H24N4O. The molecule has 5 heteroatoms. The molecule has 0 saturated carbocycles. The molecular weight excluding hydrogens is 228 g/mol. The molecule has 2 heterocycles. The summed E-state index contributed by atoms with van der Waals surface area (Å²) in [6.45, 7) is 10.6. The van der Waals surface area contributed by atoms with Crippen LogP contribution in [0.5, 0.6) is 0 Å². The number of hydrogen-bond donors (Lipinski definition) is 1. The molecule has 1 aliphatic heterocycles. The standard InChI is InChI=1S/C13H24N4O/c1-10(2)17-8-12(11(3)15-17)7-16-4-5-18-13(6-14)9-16/h8,10,13H,4-7,9,14H2,1-3H3. The molecule has 1 aromatic rings. The van der Waals surface area contributed by atoms with Crippen molar-refractivity contribution in [2.45, 2.75) is 39.5 Å². The first-order valence-electron chi connectivity index (χ1n) is 6.68. The summed E-state index contributed by atoms with van der Waals surface area (Å²) in [6, 6.07) is 0.416. The average Bonchev–Trinajstić information content (AvgIpc) is 2.71. The minimum Gasteiger partial charge on any atom is -0.374 e. The highest BCUT2D eigenvalue weighted by Gasteiger charge is 2.20. The number of ether oxygens (including phenoxy) is 1. The predicted molar refractivity (Wildman–Crippen MR) is 71.4 cm³/mol. The Kier molecular flexibility index (Phi) is 4.37. The second-order valence-electron chi connectivity index (χ2n) is 5.28. The van der Waals surface area contributed by atoms with Gasteiger partial charge in [0, 0.05) is 44.0 Å². The normalized spacial score (nSPS) is 21.7. The van der Waals surface area contributed by atoms with Crippen molar-refractivity contribution in [2.24, 2.45) is 5.73 Å². The lowest BCUT2D eigenvalue weighted by atomic mass is 10.2. The maximum atomic E-state index is 5.66. The number of nitrogens with zero attached hydrogens (tertiary/aromatic N) is 3. The minimum atomic E-state index is 0.180. The second-order valence-corrected chi connectivity index (χ2v) is 5.28. The number of morpholine rings is 1. The highest BCUT2D eigenvalue weighted by molar-refractivity contribution is 5.15. The molecule has 0 amide bonds. The zero-order valence-corrected chi connectivity index (χ0v) is 11.6. The lowest BCUT2D eigenvalue weighted by Crippen LogP contribution is -2.45. The third kappa shape index (κ3) is 3.10. The molecule has 0 aliphatic carbocycles. The van der Waals surface area contributed by atoms with E-state index in [1.165, 1.54) is 5.56 Å². The van der Waals surface area contributed by atoms with Crippen molar-refractivity contribution >= 4 is 0 Å². The highest BCUT2D eigenvalue weighted by Crippen LogP contribution is 2.15. The van der Waals surface area contributed by atoms with Gasteiger partial charge in [0.1, 0.15) is 0 Å². The molecule has 1 saturated heterocycles. The summed E-state index contributed by atoms with van der Waals surface area (Å²) in [5.41, 5.74) is 8.10. The Hall–Kier alpha value is -0.910. The van der Waals surface area contributed by atoms with Gasteiger partial charge in [-0.25, -0.2) is 0 Å². The van der Waals surface area contributed by atoms with E-state index in [0.29, 0.717) is 12.6 Å². The van der Waals surface area contributed by atoms with Gasteiger partial charge in [-0.15, -0.1) is 0 Å².